The van der Waals surface area contributed by atoms with E-state index in [9.17, 15) is 0 Å². The number of fused-ring (bicyclic) bond motifs is 1. The second kappa shape index (κ2) is 4.27. The van der Waals surface area contributed by atoms with Crippen molar-refractivity contribution in [3.8, 4) is 0 Å². The Balaban J connectivity index is 1.98. The summed E-state index contributed by atoms with van der Waals surface area (Å²) < 4.78 is 0. The average Bonchev–Trinajstić information content (AvgIpc) is 2.94. The maximum Gasteiger partial charge on any atom is 0.0508 e. The van der Waals surface area contributed by atoms with Gasteiger partial charge in [0.05, 0.1) is 6.04 Å². The predicted molar refractivity (Wildman–Crippen MR) is 76.9 cm³/mol. The van der Waals surface area contributed by atoms with Crippen LogP contribution >= 0.6 is 0 Å². The number of para-hydroxylation sites is 1. The molecule has 1 aliphatic carbocycles. The highest BCUT2D eigenvalue weighted by atomic mass is 15.2. The van der Waals surface area contributed by atoms with Crippen LogP contribution in [0.3, 0.4) is 0 Å². The van der Waals surface area contributed by atoms with E-state index < -0.39 is 0 Å². The van der Waals surface area contributed by atoms with E-state index in [4.69, 9.17) is 5.73 Å². The zero-order valence-electron chi connectivity index (χ0n) is 11.5. The summed E-state index contributed by atoms with van der Waals surface area (Å²) >= 11 is 0. The van der Waals surface area contributed by atoms with Crippen molar-refractivity contribution in [2.45, 2.75) is 63.6 Å². The Morgan fingerprint density at radius 2 is 1.83 bits per heavy atom. The van der Waals surface area contributed by atoms with Crippen LogP contribution < -0.4 is 10.6 Å². The van der Waals surface area contributed by atoms with Crippen LogP contribution in [0, 0.1) is 0 Å². The molecule has 2 nitrogen and oxygen atoms in total. The van der Waals surface area contributed by atoms with E-state index in [0.717, 1.165) is 6.42 Å². The van der Waals surface area contributed by atoms with Gasteiger partial charge in [-0.25, -0.2) is 0 Å². The van der Waals surface area contributed by atoms with E-state index in [1.165, 1.54) is 36.9 Å². The molecule has 1 aromatic rings. The summed E-state index contributed by atoms with van der Waals surface area (Å²) in [5, 5.41) is 0. The minimum atomic E-state index is -0.137. The molecule has 0 saturated heterocycles. The minimum Gasteiger partial charge on any atom is -0.363 e. The smallest absolute Gasteiger partial charge is 0.0508 e. The summed E-state index contributed by atoms with van der Waals surface area (Å²) in [6, 6.07) is 10.0. The molecule has 18 heavy (non-hydrogen) atoms. The van der Waals surface area contributed by atoms with Crippen molar-refractivity contribution < 1.29 is 0 Å². The van der Waals surface area contributed by atoms with E-state index in [1.807, 2.05) is 0 Å². The molecule has 1 atom stereocenters. The van der Waals surface area contributed by atoms with E-state index in [-0.39, 0.29) is 5.54 Å². The van der Waals surface area contributed by atoms with Gasteiger partial charge in [0.2, 0.25) is 0 Å². The van der Waals surface area contributed by atoms with Crippen LogP contribution in [0.25, 0.3) is 0 Å². The predicted octanol–water partition coefficient (Wildman–Crippen LogP) is 3.10. The maximum absolute atomic E-state index is 6.44. The van der Waals surface area contributed by atoms with E-state index in [1.54, 1.807) is 0 Å². The lowest BCUT2D eigenvalue weighted by Crippen LogP contribution is -2.56. The number of rotatable bonds is 2. The van der Waals surface area contributed by atoms with Gasteiger partial charge < -0.3 is 10.6 Å². The topological polar surface area (TPSA) is 29.3 Å². The van der Waals surface area contributed by atoms with E-state index in [0.29, 0.717) is 12.1 Å². The first-order chi connectivity index (χ1) is 8.57. The Bertz CT molecular complexity index is 427. The Morgan fingerprint density at radius 1 is 1.17 bits per heavy atom. The van der Waals surface area contributed by atoms with E-state index >= 15 is 0 Å². The van der Waals surface area contributed by atoms with Crippen molar-refractivity contribution in [3.63, 3.8) is 0 Å². The van der Waals surface area contributed by atoms with Crippen LogP contribution in [0.15, 0.2) is 24.3 Å². The van der Waals surface area contributed by atoms with Crippen molar-refractivity contribution >= 4 is 5.69 Å². The summed E-state index contributed by atoms with van der Waals surface area (Å²) in [4.78, 5) is 2.64. The van der Waals surface area contributed by atoms with Gasteiger partial charge in [-0.3, -0.25) is 0 Å². The molecule has 0 aromatic heterocycles. The molecule has 3 rings (SSSR count). The van der Waals surface area contributed by atoms with Crippen LogP contribution in [0.5, 0.6) is 0 Å². The summed E-state index contributed by atoms with van der Waals surface area (Å²) in [5.41, 5.74) is 9.22. The lowest BCUT2D eigenvalue weighted by molar-refractivity contribution is 0.371. The van der Waals surface area contributed by atoms with Gasteiger partial charge in [-0.2, -0.15) is 0 Å². The third-order valence-corrected chi connectivity index (χ3v) is 4.60. The first kappa shape index (κ1) is 12.0. The third kappa shape index (κ3) is 1.93. The standard InChI is InChI=1S/C16H24N2/c1-16(2,17)15-11-12-7-3-6-10-14(12)18(15)13-8-4-5-9-13/h3,6-7,10,13,15H,4-5,8-9,11,17H2,1-2H3. The molecule has 1 unspecified atom stereocenters. The Morgan fingerprint density at radius 3 is 2.50 bits per heavy atom. The molecule has 0 spiro atoms. The van der Waals surface area contributed by atoms with Gasteiger partial charge in [0.25, 0.3) is 0 Å². The summed E-state index contributed by atoms with van der Waals surface area (Å²) in [6.07, 6.45) is 6.53. The van der Waals surface area contributed by atoms with Crippen molar-refractivity contribution in [3.05, 3.63) is 29.8 Å². The lowest BCUT2D eigenvalue weighted by Gasteiger charge is -2.40. The van der Waals surface area contributed by atoms with E-state index in [2.05, 4.69) is 43.0 Å². The Labute approximate surface area is 110 Å². The SMILES string of the molecule is CC(C)(N)C1Cc2ccccc2N1C1CCCC1. The van der Waals surface area contributed by atoms with Crippen molar-refractivity contribution in [2.24, 2.45) is 5.73 Å². The normalized spacial score (nSPS) is 24.6. The maximum atomic E-state index is 6.44. The van der Waals surface area contributed by atoms with Crippen molar-refractivity contribution in [1.29, 1.82) is 0 Å². The molecule has 2 aliphatic rings. The fourth-order valence-electron chi connectivity index (χ4n) is 3.67. The van der Waals surface area contributed by atoms with Crippen molar-refractivity contribution in [2.75, 3.05) is 4.90 Å². The number of nitrogens with zero attached hydrogens (tertiary/aromatic N) is 1. The molecule has 98 valence electrons. The first-order valence-corrected chi connectivity index (χ1v) is 7.22. The highest BCUT2D eigenvalue weighted by Crippen LogP contribution is 2.40. The molecule has 1 heterocycles. The average molecular weight is 244 g/mol. The third-order valence-electron chi connectivity index (χ3n) is 4.60. The molecule has 1 fully saturated rings. The summed E-state index contributed by atoms with van der Waals surface area (Å²) in [6.45, 7) is 4.34. The number of nitrogens with two attached hydrogens (primary N) is 1. The van der Waals surface area contributed by atoms with Crippen LogP contribution in [0.1, 0.15) is 45.1 Å². The molecule has 1 saturated carbocycles. The minimum absolute atomic E-state index is 0.137. The largest absolute Gasteiger partial charge is 0.363 e. The molecule has 2 heteroatoms. The fourth-order valence-corrected chi connectivity index (χ4v) is 3.67. The molecule has 2 N–H and O–H groups in total. The van der Waals surface area contributed by atoms with Gasteiger partial charge in [0.1, 0.15) is 0 Å². The first-order valence-electron chi connectivity index (χ1n) is 7.22. The molecular weight excluding hydrogens is 220 g/mol. The fraction of sp³-hybridized carbons (Fsp3) is 0.625. The second-order valence-corrected chi connectivity index (χ2v) is 6.52. The lowest BCUT2D eigenvalue weighted by atomic mass is 9.91. The summed E-state index contributed by atoms with van der Waals surface area (Å²) in [5.74, 6) is 0. The van der Waals surface area contributed by atoms with Crippen LogP contribution in [0.4, 0.5) is 5.69 Å². The molecule has 1 aromatic carbocycles. The Kier molecular flexibility index (Phi) is 2.86. The quantitative estimate of drug-likeness (QED) is 0.866. The van der Waals surface area contributed by atoms with Crippen LogP contribution in [0.2, 0.25) is 0 Å². The zero-order chi connectivity index (χ0) is 12.8. The van der Waals surface area contributed by atoms with Gasteiger partial charge in [0.15, 0.2) is 0 Å². The highest BCUT2D eigenvalue weighted by Gasteiger charge is 2.41. The molecule has 1 aliphatic heterocycles. The number of anilines is 1. The van der Waals surface area contributed by atoms with Crippen LogP contribution in [-0.4, -0.2) is 17.6 Å². The number of hydrogen-bond acceptors (Lipinski definition) is 2. The molecule has 0 amide bonds. The van der Waals surface area contributed by atoms with Gasteiger partial charge in [-0.15, -0.1) is 0 Å². The molecule has 0 radical (unpaired) electrons. The highest BCUT2D eigenvalue weighted by molar-refractivity contribution is 5.61. The second-order valence-electron chi connectivity index (χ2n) is 6.52. The number of benzene rings is 1. The monoisotopic (exact) mass is 244 g/mol. The van der Waals surface area contributed by atoms with Gasteiger partial charge in [0, 0.05) is 17.3 Å². The summed E-state index contributed by atoms with van der Waals surface area (Å²) in [7, 11) is 0. The molecule has 0 bridgehead atoms. The van der Waals surface area contributed by atoms with Gasteiger partial charge in [-0.1, -0.05) is 31.0 Å². The van der Waals surface area contributed by atoms with Crippen molar-refractivity contribution in [1.82, 2.24) is 0 Å². The zero-order valence-corrected chi connectivity index (χ0v) is 11.5. The van der Waals surface area contributed by atoms with Gasteiger partial charge >= 0.3 is 0 Å². The van der Waals surface area contributed by atoms with Gasteiger partial charge in [-0.05, 0) is 44.7 Å². The Hall–Kier alpha value is -1.02. The van der Waals surface area contributed by atoms with Crippen LogP contribution in [-0.2, 0) is 6.42 Å². The molecular formula is C16H24N2. The number of hydrogen-bond donors (Lipinski definition) is 1.